The number of nitrogens with one attached hydrogen (secondary N) is 1. The van der Waals surface area contributed by atoms with Gasteiger partial charge in [-0.1, -0.05) is 86.6 Å². The molecule has 150 valence electrons. The Morgan fingerprint density at radius 1 is 0.900 bits per heavy atom. The molecule has 5 nitrogen and oxygen atoms in total. The van der Waals surface area contributed by atoms with Gasteiger partial charge in [0.1, 0.15) is 5.69 Å². The lowest BCUT2D eigenvalue weighted by Crippen LogP contribution is -2.38. The number of aromatic nitrogens is 2. The van der Waals surface area contributed by atoms with E-state index in [9.17, 15) is 14.4 Å². The highest BCUT2D eigenvalue weighted by molar-refractivity contribution is 6.16. The molecule has 0 aliphatic rings. The number of rotatable bonds is 5. The summed E-state index contributed by atoms with van der Waals surface area (Å²) in [6, 6.07) is 22.5. The van der Waals surface area contributed by atoms with Crippen LogP contribution in [0.15, 0.2) is 82.4 Å². The molecular formula is C25H22N2O3. The molecule has 1 aromatic heterocycles. The lowest BCUT2D eigenvalue weighted by atomic mass is 9.94. The van der Waals surface area contributed by atoms with Gasteiger partial charge < -0.3 is 0 Å². The molecule has 0 saturated heterocycles. The second kappa shape index (κ2) is 7.95. The van der Waals surface area contributed by atoms with E-state index in [0.29, 0.717) is 11.1 Å². The topological polar surface area (TPSA) is 71.9 Å². The molecule has 1 N–H and O–H groups in total. The number of ketones is 1. The third kappa shape index (κ3) is 3.50. The first-order chi connectivity index (χ1) is 14.5. The maximum Gasteiger partial charge on any atom is 0.329 e. The predicted octanol–water partition coefficient (Wildman–Crippen LogP) is 4.09. The van der Waals surface area contributed by atoms with Crippen molar-refractivity contribution in [3.8, 4) is 0 Å². The summed E-state index contributed by atoms with van der Waals surface area (Å²) in [5, 5.41) is 1.72. The molecule has 0 aliphatic carbocycles. The number of carbonyl (C=O) groups excluding carboxylic acids is 1. The van der Waals surface area contributed by atoms with Crippen molar-refractivity contribution in [3.63, 3.8) is 0 Å². The molecule has 0 saturated carbocycles. The molecule has 5 heteroatoms. The molecule has 30 heavy (non-hydrogen) atoms. The first kappa shape index (κ1) is 19.6. The van der Waals surface area contributed by atoms with Crippen LogP contribution in [0.1, 0.15) is 46.9 Å². The molecule has 0 atom stereocenters. The number of carbonyl (C=O) groups is 1. The van der Waals surface area contributed by atoms with Gasteiger partial charge in [-0.05, 0) is 22.3 Å². The zero-order valence-corrected chi connectivity index (χ0v) is 16.9. The van der Waals surface area contributed by atoms with Crippen LogP contribution in [0.2, 0.25) is 0 Å². The van der Waals surface area contributed by atoms with Crippen molar-refractivity contribution in [1.82, 2.24) is 9.55 Å². The van der Waals surface area contributed by atoms with E-state index >= 15 is 0 Å². The van der Waals surface area contributed by atoms with E-state index in [0.717, 1.165) is 16.3 Å². The Balaban J connectivity index is 2.00. The van der Waals surface area contributed by atoms with Crippen molar-refractivity contribution < 1.29 is 4.79 Å². The molecule has 1 heterocycles. The van der Waals surface area contributed by atoms with E-state index in [4.69, 9.17) is 0 Å². The summed E-state index contributed by atoms with van der Waals surface area (Å²) in [4.78, 5) is 41.7. The first-order valence-corrected chi connectivity index (χ1v) is 9.90. The third-order valence-electron chi connectivity index (χ3n) is 5.25. The lowest BCUT2D eigenvalue weighted by molar-refractivity contribution is 0.102. The molecule has 0 spiro atoms. The fraction of sp³-hybridized carbons (Fsp3) is 0.160. The molecule has 3 aromatic carbocycles. The van der Waals surface area contributed by atoms with Crippen molar-refractivity contribution in [3.05, 3.63) is 116 Å². The van der Waals surface area contributed by atoms with Gasteiger partial charge in [-0.3, -0.25) is 19.1 Å². The van der Waals surface area contributed by atoms with Crippen LogP contribution in [0, 0.1) is 0 Å². The van der Waals surface area contributed by atoms with Gasteiger partial charge >= 0.3 is 5.69 Å². The van der Waals surface area contributed by atoms with Crippen LogP contribution < -0.4 is 11.2 Å². The van der Waals surface area contributed by atoms with Crippen molar-refractivity contribution in [2.45, 2.75) is 26.3 Å². The summed E-state index contributed by atoms with van der Waals surface area (Å²) in [5.41, 5.74) is 0.720. The highest BCUT2D eigenvalue weighted by atomic mass is 16.2. The Labute approximate surface area is 173 Å². The number of fused-ring (bicyclic) bond motifs is 1. The Morgan fingerprint density at radius 2 is 1.57 bits per heavy atom. The number of hydrogen-bond acceptors (Lipinski definition) is 3. The minimum Gasteiger partial charge on any atom is -0.287 e. The normalized spacial score (nSPS) is 11.2. The van der Waals surface area contributed by atoms with Gasteiger partial charge in [0.25, 0.3) is 5.56 Å². The fourth-order valence-electron chi connectivity index (χ4n) is 3.83. The lowest BCUT2D eigenvalue weighted by Gasteiger charge is -2.18. The SMILES string of the molecule is CC(C)c1c(C(=O)c2cccc3ccccc23)n(Cc2ccccc2)c(=O)[nH]c1=O. The number of H-pyrrole nitrogens is 1. The largest absolute Gasteiger partial charge is 0.329 e. The Morgan fingerprint density at radius 3 is 2.30 bits per heavy atom. The fourth-order valence-corrected chi connectivity index (χ4v) is 3.83. The smallest absolute Gasteiger partial charge is 0.287 e. The zero-order valence-electron chi connectivity index (χ0n) is 16.9. The summed E-state index contributed by atoms with van der Waals surface area (Å²) < 4.78 is 1.39. The van der Waals surface area contributed by atoms with Gasteiger partial charge in [-0.2, -0.15) is 0 Å². The average Bonchev–Trinajstić information content (AvgIpc) is 2.75. The standard InChI is InChI=1S/C25H22N2O3/c1-16(2)21-22(23(28)20-14-8-12-18-11-6-7-13-19(18)20)27(25(30)26-24(21)29)15-17-9-4-3-5-10-17/h3-14,16H,15H2,1-2H3,(H,26,29,30). The third-order valence-corrected chi connectivity index (χ3v) is 5.25. The second-order valence-corrected chi connectivity index (χ2v) is 7.60. The zero-order chi connectivity index (χ0) is 21.3. The van der Waals surface area contributed by atoms with E-state index in [2.05, 4.69) is 4.98 Å². The second-order valence-electron chi connectivity index (χ2n) is 7.60. The number of aromatic amines is 1. The van der Waals surface area contributed by atoms with Gasteiger partial charge in [0.2, 0.25) is 5.78 Å². The van der Waals surface area contributed by atoms with Gasteiger partial charge in [0, 0.05) is 11.1 Å². The Kier molecular flexibility index (Phi) is 5.19. The molecule has 0 unspecified atom stereocenters. The van der Waals surface area contributed by atoms with Crippen LogP contribution in [0.5, 0.6) is 0 Å². The molecule has 0 fully saturated rings. The first-order valence-electron chi connectivity index (χ1n) is 9.90. The van der Waals surface area contributed by atoms with Gasteiger partial charge in [0.15, 0.2) is 0 Å². The van der Waals surface area contributed by atoms with Crippen LogP contribution in [0.25, 0.3) is 10.8 Å². The highest BCUT2D eigenvalue weighted by Gasteiger charge is 2.25. The van der Waals surface area contributed by atoms with E-state index in [-0.39, 0.29) is 23.9 Å². The quantitative estimate of drug-likeness (QED) is 0.515. The molecule has 0 amide bonds. The molecular weight excluding hydrogens is 376 g/mol. The van der Waals surface area contributed by atoms with Gasteiger partial charge in [-0.25, -0.2) is 4.79 Å². The minimum atomic E-state index is -0.586. The maximum atomic E-state index is 13.8. The van der Waals surface area contributed by atoms with Crippen LogP contribution in [0.3, 0.4) is 0 Å². The van der Waals surface area contributed by atoms with Crippen LogP contribution in [0.4, 0.5) is 0 Å². The number of nitrogens with zero attached hydrogens (tertiary/aromatic N) is 1. The van der Waals surface area contributed by atoms with Crippen molar-refractivity contribution in [2.75, 3.05) is 0 Å². The Bertz CT molecular complexity index is 1340. The number of benzene rings is 3. The maximum absolute atomic E-state index is 13.8. The van der Waals surface area contributed by atoms with Crippen LogP contribution in [-0.4, -0.2) is 15.3 Å². The van der Waals surface area contributed by atoms with Crippen molar-refractivity contribution >= 4 is 16.6 Å². The van der Waals surface area contributed by atoms with Crippen molar-refractivity contribution in [1.29, 1.82) is 0 Å². The monoisotopic (exact) mass is 398 g/mol. The summed E-state index contributed by atoms with van der Waals surface area (Å²) in [5.74, 6) is -0.556. The molecule has 0 aliphatic heterocycles. The molecule has 0 bridgehead atoms. The predicted molar refractivity (Wildman–Crippen MR) is 118 cm³/mol. The number of hydrogen-bond donors (Lipinski definition) is 1. The summed E-state index contributed by atoms with van der Waals surface area (Å²) >= 11 is 0. The summed E-state index contributed by atoms with van der Waals surface area (Å²) in [7, 11) is 0. The average molecular weight is 398 g/mol. The van der Waals surface area contributed by atoms with E-state index < -0.39 is 11.2 Å². The summed E-state index contributed by atoms with van der Waals surface area (Å²) in [6.45, 7) is 3.89. The Hall–Kier alpha value is -3.73. The highest BCUT2D eigenvalue weighted by Crippen LogP contribution is 2.24. The summed E-state index contributed by atoms with van der Waals surface area (Å²) in [6.07, 6.45) is 0. The van der Waals surface area contributed by atoms with Crippen molar-refractivity contribution in [2.24, 2.45) is 0 Å². The van der Waals surface area contributed by atoms with Gasteiger partial charge in [-0.15, -0.1) is 0 Å². The van der Waals surface area contributed by atoms with E-state index in [1.165, 1.54) is 4.57 Å². The molecule has 4 rings (SSSR count). The van der Waals surface area contributed by atoms with Gasteiger partial charge in [0.05, 0.1) is 6.54 Å². The van der Waals surface area contributed by atoms with Crippen LogP contribution in [-0.2, 0) is 6.54 Å². The minimum absolute atomic E-state index is 0.152. The van der Waals surface area contributed by atoms with Crippen LogP contribution >= 0.6 is 0 Å². The van der Waals surface area contributed by atoms with E-state index in [1.54, 1.807) is 6.07 Å². The van der Waals surface area contributed by atoms with E-state index in [1.807, 2.05) is 80.6 Å². The molecule has 0 radical (unpaired) electrons. The molecule has 4 aromatic rings.